The molecule has 0 aliphatic heterocycles. The molecule has 3 rings (SSSR count). The van der Waals surface area contributed by atoms with Crippen LogP contribution in [0, 0.1) is 16.2 Å². The van der Waals surface area contributed by atoms with Crippen molar-refractivity contribution in [1.82, 2.24) is 0 Å². The molecule has 37 heavy (non-hydrogen) atoms. The predicted molar refractivity (Wildman–Crippen MR) is 174 cm³/mol. The Labute approximate surface area is 231 Å². The van der Waals surface area contributed by atoms with Gasteiger partial charge in [-0.05, 0) is 66.7 Å². The van der Waals surface area contributed by atoms with Crippen LogP contribution in [-0.2, 0) is 4.43 Å². The van der Waals surface area contributed by atoms with E-state index in [1.807, 2.05) is 0 Å². The van der Waals surface area contributed by atoms with Crippen LogP contribution in [0.2, 0.25) is 39.3 Å². The van der Waals surface area contributed by atoms with Gasteiger partial charge in [-0.25, -0.2) is 0 Å². The fraction of sp³-hybridized carbons (Fsp3) is 0.594. The second-order valence-corrected chi connectivity index (χ2v) is 26.3. The summed E-state index contributed by atoms with van der Waals surface area (Å²) in [6.45, 7) is 36.1. The third-order valence-electron chi connectivity index (χ3n) is 7.03. The van der Waals surface area contributed by atoms with E-state index in [0.717, 1.165) is 5.60 Å². The lowest BCUT2D eigenvalue weighted by atomic mass is 9.77. The highest BCUT2D eigenvalue weighted by Gasteiger charge is 2.65. The summed E-state index contributed by atoms with van der Waals surface area (Å²) in [5.41, 5.74) is 5.99. The minimum atomic E-state index is -1.91. The molecule has 0 saturated heterocycles. The number of hydrogen-bond acceptors (Lipinski definition) is 1. The molecule has 1 aliphatic carbocycles. The maximum atomic E-state index is 7.20. The fourth-order valence-corrected chi connectivity index (χ4v) is 12.0. The standard InChI is InChI=1S/C32H52NOPSi2/c1-29(2,3)26-27(30(4,5)6)32(26,31(7,8)9)35-28(34-37(13,14)15)33(36(10,11)12)25-22-18-20-23-19-16-17-21-24(23)25/h16-22H,1-15H3. The first kappa shape index (κ1) is 30.3. The Hall–Kier alpha value is -1.20. The molecule has 0 saturated carbocycles. The number of anilines is 1. The van der Waals surface area contributed by atoms with Gasteiger partial charge in [-0.1, -0.05) is 118 Å². The molecule has 5 heteroatoms. The first-order chi connectivity index (χ1) is 16.5. The number of hydrogen-bond donors (Lipinski definition) is 0. The quantitative estimate of drug-likeness (QED) is 0.200. The first-order valence-electron chi connectivity index (χ1n) is 13.8. The Morgan fingerprint density at radius 1 is 0.730 bits per heavy atom. The second kappa shape index (κ2) is 9.47. The van der Waals surface area contributed by atoms with Crippen molar-refractivity contribution in [2.24, 2.45) is 16.2 Å². The SMILES string of the molecule is CC(C)(C)C1=C(C(C)(C)C)C1(P=C(O[Si](C)(C)C)N(c1cccc2ccccc12)[Si](C)(C)C)C(C)(C)C. The van der Waals surface area contributed by atoms with E-state index < -0.39 is 16.6 Å². The summed E-state index contributed by atoms with van der Waals surface area (Å²) in [6.07, 6.45) is 0. The summed E-state index contributed by atoms with van der Waals surface area (Å²) in [5.74, 6) is 0. The maximum absolute atomic E-state index is 7.20. The Balaban J connectivity index is 2.41. The van der Waals surface area contributed by atoms with Crippen LogP contribution < -0.4 is 4.57 Å². The molecular formula is C32H52NOPSi2. The van der Waals surface area contributed by atoms with Crippen LogP contribution in [0.3, 0.4) is 0 Å². The molecule has 0 aromatic heterocycles. The molecule has 0 unspecified atom stereocenters. The zero-order valence-electron chi connectivity index (χ0n) is 26.3. The van der Waals surface area contributed by atoms with Crippen molar-refractivity contribution in [2.45, 2.75) is 107 Å². The minimum absolute atomic E-state index is 0.0268. The Morgan fingerprint density at radius 2 is 1.22 bits per heavy atom. The van der Waals surface area contributed by atoms with Gasteiger partial charge in [0.1, 0.15) is 0 Å². The van der Waals surface area contributed by atoms with Gasteiger partial charge in [0.2, 0.25) is 0 Å². The molecule has 204 valence electrons. The van der Waals surface area contributed by atoms with E-state index in [1.54, 1.807) is 11.1 Å². The van der Waals surface area contributed by atoms with Crippen LogP contribution >= 0.6 is 8.20 Å². The molecule has 0 N–H and O–H groups in total. The minimum Gasteiger partial charge on any atom is -0.370 e. The lowest BCUT2D eigenvalue weighted by Crippen LogP contribution is -2.53. The van der Waals surface area contributed by atoms with Crippen molar-refractivity contribution >= 4 is 46.8 Å². The van der Waals surface area contributed by atoms with Gasteiger partial charge >= 0.3 is 0 Å². The van der Waals surface area contributed by atoms with Gasteiger partial charge in [-0.3, -0.25) is 0 Å². The summed E-state index contributed by atoms with van der Waals surface area (Å²) >= 11 is 0. The number of allylic oxidation sites excluding steroid dienone is 2. The van der Waals surface area contributed by atoms with Crippen LogP contribution in [0.4, 0.5) is 5.69 Å². The molecule has 0 amide bonds. The second-order valence-electron chi connectivity index (χ2n) is 15.8. The van der Waals surface area contributed by atoms with Gasteiger partial charge in [0.05, 0.1) is 5.16 Å². The van der Waals surface area contributed by atoms with Crippen LogP contribution in [0.5, 0.6) is 0 Å². The van der Waals surface area contributed by atoms with E-state index >= 15 is 0 Å². The molecule has 0 heterocycles. The Bertz CT molecular complexity index is 1200. The number of benzene rings is 2. The van der Waals surface area contributed by atoms with Crippen molar-refractivity contribution in [3.05, 3.63) is 53.6 Å². The summed E-state index contributed by atoms with van der Waals surface area (Å²) in [4.78, 5) is 0. The monoisotopic (exact) mass is 553 g/mol. The van der Waals surface area contributed by atoms with Crippen LogP contribution in [0.15, 0.2) is 53.6 Å². The Kier molecular flexibility index (Phi) is 7.77. The van der Waals surface area contributed by atoms with E-state index in [0.29, 0.717) is 0 Å². The normalized spacial score (nSPS) is 17.4. The molecule has 2 nitrogen and oxygen atoms in total. The lowest BCUT2D eigenvalue weighted by Gasteiger charge is -2.43. The summed E-state index contributed by atoms with van der Waals surface area (Å²) < 4.78 is 9.85. The van der Waals surface area contributed by atoms with E-state index in [1.165, 1.54) is 24.7 Å². The molecule has 2 aromatic rings. The highest BCUT2D eigenvalue weighted by molar-refractivity contribution is 7.44. The molecular weight excluding hydrogens is 502 g/mol. The molecule has 0 fully saturated rings. The molecule has 0 radical (unpaired) electrons. The van der Waals surface area contributed by atoms with Crippen molar-refractivity contribution in [3.63, 3.8) is 0 Å². The lowest BCUT2D eigenvalue weighted by molar-refractivity contribution is 0.342. The maximum Gasteiger partial charge on any atom is 0.193 e. The highest BCUT2D eigenvalue weighted by Crippen LogP contribution is 2.73. The third-order valence-corrected chi connectivity index (χ3v) is 11.9. The summed E-state index contributed by atoms with van der Waals surface area (Å²) in [5, 5.41) is 2.56. The number of nitrogens with zero attached hydrogens (tertiary/aromatic N) is 1. The van der Waals surface area contributed by atoms with Gasteiger partial charge in [0.15, 0.2) is 22.2 Å². The average molecular weight is 554 g/mol. The molecule has 2 aromatic carbocycles. The zero-order valence-corrected chi connectivity index (χ0v) is 29.2. The van der Waals surface area contributed by atoms with Crippen LogP contribution in [0.1, 0.15) is 62.3 Å². The van der Waals surface area contributed by atoms with E-state index in [2.05, 4.69) is 149 Å². The molecule has 0 bridgehead atoms. The van der Waals surface area contributed by atoms with Crippen molar-refractivity contribution in [2.75, 3.05) is 4.57 Å². The largest absolute Gasteiger partial charge is 0.370 e. The van der Waals surface area contributed by atoms with E-state index in [4.69, 9.17) is 4.43 Å². The van der Waals surface area contributed by atoms with Gasteiger partial charge in [0, 0.05) is 11.1 Å². The average Bonchev–Trinajstić information content (AvgIpc) is 3.37. The topological polar surface area (TPSA) is 12.5 Å². The van der Waals surface area contributed by atoms with E-state index in [-0.39, 0.29) is 21.4 Å². The van der Waals surface area contributed by atoms with Gasteiger partial charge in [0.25, 0.3) is 0 Å². The number of rotatable bonds is 6. The Morgan fingerprint density at radius 3 is 1.65 bits per heavy atom. The highest BCUT2D eigenvalue weighted by atomic mass is 31.1. The van der Waals surface area contributed by atoms with Crippen molar-refractivity contribution in [1.29, 1.82) is 0 Å². The zero-order chi connectivity index (χ0) is 28.4. The van der Waals surface area contributed by atoms with Crippen LogP contribution in [0.25, 0.3) is 10.8 Å². The molecule has 0 atom stereocenters. The van der Waals surface area contributed by atoms with Gasteiger partial charge in [-0.2, -0.15) is 0 Å². The fourth-order valence-electron chi connectivity index (χ4n) is 5.83. The van der Waals surface area contributed by atoms with Crippen molar-refractivity contribution < 1.29 is 4.43 Å². The van der Waals surface area contributed by atoms with Gasteiger partial charge < -0.3 is 8.99 Å². The smallest absolute Gasteiger partial charge is 0.193 e. The number of fused-ring (bicyclic) bond motifs is 1. The first-order valence-corrected chi connectivity index (χ1v) is 21.6. The van der Waals surface area contributed by atoms with E-state index in [9.17, 15) is 0 Å². The predicted octanol–water partition coefficient (Wildman–Crippen LogP) is 10.6. The summed E-state index contributed by atoms with van der Waals surface area (Å²) in [7, 11) is -2.53. The van der Waals surface area contributed by atoms with Gasteiger partial charge in [-0.15, -0.1) is 0 Å². The third kappa shape index (κ3) is 6.03. The van der Waals surface area contributed by atoms with Crippen molar-refractivity contribution in [3.8, 4) is 0 Å². The van der Waals surface area contributed by atoms with Crippen LogP contribution in [-0.4, -0.2) is 27.3 Å². The molecule has 0 spiro atoms. The summed E-state index contributed by atoms with van der Waals surface area (Å²) in [6, 6.07) is 15.6. The molecule has 1 aliphatic rings.